The molecule has 0 unspecified atom stereocenters. The van der Waals surface area contributed by atoms with E-state index in [2.05, 4.69) is 0 Å². The zero-order valence-electron chi connectivity index (χ0n) is 14.4. The summed E-state index contributed by atoms with van der Waals surface area (Å²) in [6.45, 7) is 9.33. The predicted molar refractivity (Wildman–Crippen MR) is 95.3 cm³/mol. The summed E-state index contributed by atoms with van der Waals surface area (Å²) in [7, 11) is 0. The van der Waals surface area contributed by atoms with E-state index in [0.717, 1.165) is 0 Å². The summed E-state index contributed by atoms with van der Waals surface area (Å²) in [5.74, 6) is 1.50. The van der Waals surface area contributed by atoms with Crippen LogP contribution in [-0.2, 0) is 0 Å². The molecule has 6 nitrogen and oxygen atoms in total. The van der Waals surface area contributed by atoms with Crippen molar-refractivity contribution in [3.05, 3.63) is 0 Å². The minimum atomic E-state index is 0. The molecule has 0 atom stereocenters. The maximum absolute atomic E-state index is 8.46. The van der Waals surface area contributed by atoms with Gasteiger partial charge in [0.1, 0.15) is 0 Å². The van der Waals surface area contributed by atoms with Crippen molar-refractivity contribution in [2.24, 2.45) is 0 Å². The van der Waals surface area contributed by atoms with Crippen molar-refractivity contribution in [2.45, 2.75) is 60.8 Å². The fourth-order valence-corrected chi connectivity index (χ4v) is 1.11. The van der Waals surface area contributed by atoms with Gasteiger partial charge < -0.3 is 0 Å². The number of ketones is 6. The van der Waals surface area contributed by atoms with Crippen LogP contribution in [0.5, 0.6) is 0 Å². The standard InChI is InChI=1S/3C5H8O2.Ga/c3*1-4(6)3-5(2)7;/h3*3H2,1-2H3;/p+6. The molecule has 0 aliphatic carbocycles. The number of carbonyl (C=O) groups excluding carboxylic acids is 6. The van der Waals surface area contributed by atoms with Crippen LogP contribution >= 0.6 is 0 Å². The number of rotatable bonds is 6. The van der Waals surface area contributed by atoms with E-state index in [1.165, 1.54) is 0 Å². The van der Waals surface area contributed by atoms with E-state index in [4.69, 9.17) is 28.8 Å². The summed E-state index contributed by atoms with van der Waals surface area (Å²) in [5.41, 5.74) is 0. The molecule has 0 heterocycles. The van der Waals surface area contributed by atoms with Crippen LogP contribution in [-0.4, -0.2) is 83.3 Å². The van der Waals surface area contributed by atoms with Crippen LogP contribution < -0.4 is 0 Å². The van der Waals surface area contributed by atoms with Crippen LogP contribution in [0.25, 0.3) is 0 Å². The first-order valence-corrected chi connectivity index (χ1v) is 6.46. The van der Waals surface area contributed by atoms with Gasteiger partial charge in [0, 0.05) is 61.3 Å². The first-order valence-electron chi connectivity index (χ1n) is 6.46. The molecule has 0 amide bonds. The van der Waals surface area contributed by atoms with Crippen molar-refractivity contribution in [3.63, 3.8) is 0 Å². The molecule has 0 fully saturated rings. The summed E-state index contributed by atoms with van der Waals surface area (Å²) in [4.78, 5) is 50.8. The van der Waals surface area contributed by atoms with E-state index >= 15 is 0 Å². The van der Waals surface area contributed by atoms with Gasteiger partial charge in [-0.25, -0.2) is 0 Å². The fraction of sp³-hybridized carbons (Fsp3) is 0.600. The van der Waals surface area contributed by atoms with E-state index < -0.39 is 0 Å². The smallest absolute Gasteiger partial charge is 0.283 e. The molecule has 7 heteroatoms. The maximum Gasteiger partial charge on any atom is 0.302 e. The van der Waals surface area contributed by atoms with Crippen molar-refractivity contribution < 1.29 is 28.8 Å². The molecule has 0 aromatic carbocycles. The van der Waals surface area contributed by atoms with Gasteiger partial charge in [-0.05, 0) is 0 Å². The van der Waals surface area contributed by atoms with Crippen LogP contribution in [0, 0.1) is 0 Å². The van der Waals surface area contributed by atoms with E-state index in [9.17, 15) is 0 Å². The molecule has 0 aliphatic heterocycles. The Labute approximate surface area is 144 Å². The summed E-state index contributed by atoms with van der Waals surface area (Å²) in [6.07, 6.45) is 0.917. The molecular formula is C15H30GaO6+6. The Bertz CT molecular complexity index is 314. The minimum absolute atomic E-state index is 0. The molecule has 0 aromatic heterocycles. The number of hydrogen-bond acceptors (Lipinski definition) is 0. The van der Waals surface area contributed by atoms with E-state index in [1.807, 2.05) is 0 Å². The Balaban J connectivity index is -0.000000108. The van der Waals surface area contributed by atoms with Gasteiger partial charge in [-0.2, -0.15) is 0 Å². The quantitative estimate of drug-likeness (QED) is 0.374. The second-order valence-electron chi connectivity index (χ2n) is 4.94. The molecule has 0 rings (SSSR count). The summed E-state index contributed by atoms with van der Waals surface area (Å²) in [5, 5.41) is 0. The molecule has 0 spiro atoms. The Morgan fingerprint density at radius 3 is 0.500 bits per heavy atom. The average molecular weight is 376 g/mol. The predicted octanol–water partition coefficient (Wildman–Crippen LogP) is 1.14. The van der Waals surface area contributed by atoms with Crippen molar-refractivity contribution in [1.29, 1.82) is 0 Å². The normalized spacial score (nSPS) is 7.91. The first kappa shape index (κ1) is 28.8. The van der Waals surface area contributed by atoms with Crippen molar-refractivity contribution in [1.82, 2.24) is 0 Å². The Kier molecular flexibility index (Phi) is 23.2. The van der Waals surface area contributed by atoms with Crippen LogP contribution in [0.1, 0.15) is 60.8 Å². The second kappa shape index (κ2) is 17.7. The van der Waals surface area contributed by atoms with Gasteiger partial charge in [0.15, 0.2) is 19.3 Å². The van der Waals surface area contributed by atoms with Gasteiger partial charge in [0.25, 0.3) is 0 Å². The third-order valence-electron chi connectivity index (χ3n) is 1.54. The van der Waals surface area contributed by atoms with Gasteiger partial charge in [-0.3, -0.25) is 28.8 Å². The molecule has 22 heavy (non-hydrogen) atoms. The third-order valence-corrected chi connectivity index (χ3v) is 1.54. The zero-order valence-corrected chi connectivity index (χ0v) is 16.8. The Hall–Kier alpha value is -1.34. The van der Waals surface area contributed by atoms with Crippen LogP contribution in [0.3, 0.4) is 0 Å². The Morgan fingerprint density at radius 2 is 0.500 bits per heavy atom. The molecule has 0 aliphatic rings. The SMILES string of the molecule is CC(=[OH+])CC(C)=[OH+].CC(=[OH+])CC(C)=[OH+].CC(=[OH+])CC(C)=[OH+].[Ga]. The first-order chi connectivity index (χ1) is 9.38. The summed E-state index contributed by atoms with van der Waals surface area (Å²) < 4.78 is 0. The van der Waals surface area contributed by atoms with E-state index in [-0.39, 0.29) is 54.5 Å². The molecule has 3 radical (unpaired) electrons. The van der Waals surface area contributed by atoms with Crippen molar-refractivity contribution in [2.75, 3.05) is 0 Å². The summed E-state index contributed by atoms with van der Waals surface area (Å²) >= 11 is 0. The average Bonchev–Trinajstić information content (AvgIpc) is 2.10. The van der Waals surface area contributed by atoms with Gasteiger partial charge in [-0.1, -0.05) is 0 Å². The van der Waals surface area contributed by atoms with Crippen molar-refractivity contribution in [3.8, 4) is 0 Å². The fourth-order valence-electron chi connectivity index (χ4n) is 1.11. The molecule has 0 saturated heterocycles. The molecule has 0 bridgehead atoms. The molecule has 0 aromatic rings. The number of hydrogen-bond donors (Lipinski definition) is 0. The monoisotopic (exact) mass is 375 g/mol. The molecular weight excluding hydrogens is 346 g/mol. The zero-order chi connectivity index (χ0) is 17.6. The van der Waals surface area contributed by atoms with Crippen LogP contribution in [0.4, 0.5) is 0 Å². The van der Waals surface area contributed by atoms with Crippen LogP contribution in [0.2, 0.25) is 0 Å². The summed E-state index contributed by atoms with van der Waals surface area (Å²) in [6, 6.07) is 0. The topological polar surface area (TPSA) is 128 Å². The largest absolute Gasteiger partial charge is 0.302 e. The van der Waals surface area contributed by atoms with Crippen LogP contribution in [0.15, 0.2) is 0 Å². The van der Waals surface area contributed by atoms with Gasteiger partial charge >= 0.3 is 34.7 Å². The van der Waals surface area contributed by atoms with Gasteiger partial charge in [0.05, 0.1) is 0 Å². The Morgan fingerprint density at radius 1 is 0.409 bits per heavy atom. The molecule has 123 valence electrons. The van der Waals surface area contributed by atoms with Gasteiger partial charge in [0.2, 0.25) is 0 Å². The maximum atomic E-state index is 8.46. The van der Waals surface area contributed by atoms with Crippen molar-refractivity contribution >= 4 is 54.5 Å². The van der Waals surface area contributed by atoms with E-state index in [0.29, 0.717) is 19.3 Å². The molecule has 0 saturated carbocycles. The minimum Gasteiger partial charge on any atom is -0.283 e. The van der Waals surface area contributed by atoms with Gasteiger partial charge in [-0.15, -0.1) is 0 Å². The molecule has 6 N–H and O–H groups in total. The third kappa shape index (κ3) is 51.2. The second-order valence-corrected chi connectivity index (χ2v) is 4.94. The van der Waals surface area contributed by atoms with E-state index in [1.54, 1.807) is 41.5 Å².